The number of esters is 1. The van der Waals surface area contributed by atoms with E-state index < -0.39 is 18.1 Å². The molecule has 2 aliphatic rings. The highest BCUT2D eigenvalue weighted by Crippen LogP contribution is 2.54. The number of fused-ring (bicyclic) bond motifs is 1. The highest BCUT2D eigenvalue weighted by Gasteiger charge is 2.64. The number of carbonyl (C=O) groups is 2. The molecule has 0 saturated carbocycles. The number of ether oxygens (including phenoxy) is 1. The predicted octanol–water partition coefficient (Wildman–Crippen LogP) is 0.219. The first-order chi connectivity index (χ1) is 7.81. The fourth-order valence-corrected chi connectivity index (χ4v) is 4.37. The van der Waals surface area contributed by atoms with Crippen molar-refractivity contribution in [3.8, 4) is 0 Å². The molecular weight excluding hydrogens is 242 g/mol. The van der Waals surface area contributed by atoms with E-state index in [4.69, 9.17) is 4.74 Å². The van der Waals surface area contributed by atoms with Crippen molar-refractivity contribution in [1.82, 2.24) is 4.90 Å². The molecule has 0 aromatic heterocycles. The van der Waals surface area contributed by atoms with Gasteiger partial charge in [-0.25, -0.2) is 4.79 Å². The second-order valence-electron chi connectivity index (χ2n) is 5.05. The number of thioether (sulfide) groups is 1. The Morgan fingerprint density at radius 2 is 2.18 bits per heavy atom. The third-order valence-corrected chi connectivity index (χ3v) is 5.02. The number of β-lactam (4-membered cyclic amide) rings is 1. The van der Waals surface area contributed by atoms with Gasteiger partial charge in [0.2, 0.25) is 5.91 Å². The maximum Gasteiger partial charge on any atom is 0.330 e. The minimum atomic E-state index is -0.677. The highest BCUT2D eigenvalue weighted by atomic mass is 32.2. The molecule has 2 saturated heterocycles. The Morgan fingerprint density at radius 1 is 1.59 bits per heavy atom. The van der Waals surface area contributed by atoms with Crippen LogP contribution in [0.3, 0.4) is 0 Å². The predicted molar refractivity (Wildman–Crippen MR) is 63.3 cm³/mol. The molecule has 0 aromatic carbocycles. The van der Waals surface area contributed by atoms with Crippen LogP contribution in [-0.2, 0) is 14.3 Å². The Hall–Kier alpha value is -0.750. The number of nitrogens with zero attached hydrogens (tertiary/aromatic N) is 1. The molecule has 2 rings (SSSR count). The van der Waals surface area contributed by atoms with Crippen molar-refractivity contribution < 1.29 is 19.4 Å². The molecule has 6 heteroatoms. The normalized spacial score (nSPS) is 36.2. The topological polar surface area (TPSA) is 66.8 Å². The van der Waals surface area contributed by atoms with Crippen molar-refractivity contribution in [3.05, 3.63) is 0 Å². The van der Waals surface area contributed by atoms with Gasteiger partial charge in [-0.05, 0) is 20.8 Å². The largest absolute Gasteiger partial charge is 0.467 e. The zero-order chi connectivity index (χ0) is 13.0. The van der Waals surface area contributed by atoms with E-state index in [1.54, 1.807) is 23.6 Å². The zero-order valence-electron chi connectivity index (χ0n) is 10.3. The number of amides is 1. The average Bonchev–Trinajstić information content (AvgIpc) is 2.45. The molecule has 0 aromatic rings. The Kier molecular flexibility index (Phi) is 2.90. The summed E-state index contributed by atoms with van der Waals surface area (Å²) in [6.07, 6.45) is -0.677. The number of methoxy groups -OCH3 is 1. The first-order valence-corrected chi connectivity index (χ1v) is 6.45. The number of hydrogen-bond acceptors (Lipinski definition) is 5. The van der Waals surface area contributed by atoms with Crippen molar-refractivity contribution in [1.29, 1.82) is 0 Å². The van der Waals surface area contributed by atoms with Crippen LogP contribution < -0.4 is 0 Å². The lowest BCUT2D eigenvalue weighted by atomic mass is 9.88. The van der Waals surface area contributed by atoms with Crippen molar-refractivity contribution in [2.45, 2.75) is 43.0 Å². The zero-order valence-corrected chi connectivity index (χ0v) is 11.2. The molecule has 2 heterocycles. The van der Waals surface area contributed by atoms with Gasteiger partial charge < -0.3 is 14.7 Å². The summed E-state index contributed by atoms with van der Waals surface area (Å²) in [5.41, 5.74) is 0. The molecule has 2 aliphatic heterocycles. The summed E-state index contributed by atoms with van der Waals surface area (Å²) >= 11 is 1.55. The Balaban J connectivity index is 2.27. The summed E-state index contributed by atoms with van der Waals surface area (Å²) < 4.78 is 4.38. The van der Waals surface area contributed by atoms with E-state index in [-0.39, 0.29) is 22.0 Å². The quantitative estimate of drug-likeness (QED) is 0.567. The van der Waals surface area contributed by atoms with Gasteiger partial charge >= 0.3 is 5.97 Å². The molecule has 17 heavy (non-hydrogen) atoms. The first kappa shape index (κ1) is 12.7. The number of aliphatic hydroxyl groups is 1. The number of carbonyl (C=O) groups excluding carboxylic acids is 2. The molecule has 5 nitrogen and oxygen atoms in total. The summed E-state index contributed by atoms with van der Waals surface area (Å²) in [6.45, 7) is 5.45. The average molecular weight is 259 g/mol. The number of rotatable bonds is 2. The summed E-state index contributed by atoms with van der Waals surface area (Å²) in [6, 6.07) is -0.551. The molecule has 1 amide bonds. The summed E-state index contributed by atoms with van der Waals surface area (Å²) in [5.74, 6) is -0.935. The van der Waals surface area contributed by atoms with Gasteiger partial charge in [0.05, 0.1) is 24.5 Å². The standard InChI is InChI=1S/C11H17NO4S/c1-5(13)6-8(14)12-7(10(15)16-4)11(2,3)17-9(6)12/h5-7,9,13H,1-4H3/t5?,6-,7+,9-/m1/s1. The van der Waals surface area contributed by atoms with Crippen LogP contribution in [0, 0.1) is 5.92 Å². The van der Waals surface area contributed by atoms with Crippen LogP contribution >= 0.6 is 11.8 Å². The fourth-order valence-electron chi connectivity index (χ4n) is 2.58. The fraction of sp³-hybridized carbons (Fsp3) is 0.818. The van der Waals surface area contributed by atoms with Crippen LogP contribution in [-0.4, -0.2) is 51.3 Å². The molecule has 0 radical (unpaired) electrons. The van der Waals surface area contributed by atoms with Crippen LogP contribution in [0.25, 0.3) is 0 Å². The van der Waals surface area contributed by atoms with Gasteiger partial charge in [0, 0.05) is 4.75 Å². The molecule has 0 spiro atoms. The molecule has 1 N–H and O–H groups in total. The number of aliphatic hydroxyl groups excluding tert-OH is 1. The van der Waals surface area contributed by atoms with Crippen molar-refractivity contribution in [2.24, 2.45) is 5.92 Å². The van der Waals surface area contributed by atoms with Crippen LogP contribution in [0.2, 0.25) is 0 Å². The van der Waals surface area contributed by atoms with E-state index in [1.165, 1.54) is 7.11 Å². The second-order valence-corrected chi connectivity index (χ2v) is 6.82. The van der Waals surface area contributed by atoms with E-state index >= 15 is 0 Å². The molecule has 4 atom stereocenters. The van der Waals surface area contributed by atoms with E-state index in [9.17, 15) is 14.7 Å². The van der Waals surface area contributed by atoms with Gasteiger partial charge in [0.15, 0.2) is 0 Å². The summed E-state index contributed by atoms with van der Waals surface area (Å²) in [5, 5.41) is 9.46. The van der Waals surface area contributed by atoms with Crippen LogP contribution in [0.15, 0.2) is 0 Å². The minimum Gasteiger partial charge on any atom is -0.467 e. The Bertz CT molecular complexity index is 368. The monoisotopic (exact) mass is 259 g/mol. The minimum absolute atomic E-state index is 0.110. The third kappa shape index (κ3) is 1.65. The molecular formula is C11H17NO4S. The van der Waals surface area contributed by atoms with E-state index in [1.807, 2.05) is 13.8 Å². The molecule has 0 bridgehead atoms. The van der Waals surface area contributed by atoms with Crippen molar-refractivity contribution in [2.75, 3.05) is 7.11 Å². The van der Waals surface area contributed by atoms with Crippen LogP contribution in [0.5, 0.6) is 0 Å². The molecule has 0 aliphatic carbocycles. The second kappa shape index (κ2) is 3.88. The van der Waals surface area contributed by atoms with Gasteiger partial charge in [-0.2, -0.15) is 0 Å². The summed E-state index contributed by atoms with van der Waals surface area (Å²) in [7, 11) is 1.33. The lowest BCUT2D eigenvalue weighted by Crippen LogP contribution is -2.65. The van der Waals surface area contributed by atoms with E-state index in [2.05, 4.69) is 0 Å². The Morgan fingerprint density at radius 3 is 2.65 bits per heavy atom. The molecule has 1 unspecified atom stereocenters. The van der Waals surface area contributed by atoms with Gasteiger partial charge in [-0.3, -0.25) is 4.79 Å². The lowest BCUT2D eigenvalue weighted by molar-refractivity contribution is -0.169. The van der Waals surface area contributed by atoms with Crippen molar-refractivity contribution >= 4 is 23.6 Å². The maximum absolute atomic E-state index is 11.9. The third-order valence-electron chi connectivity index (χ3n) is 3.43. The maximum atomic E-state index is 11.9. The summed E-state index contributed by atoms with van der Waals surface area (Å²) in [4.78, 5) is 25.2. The smallest absolute Gasteiger partial charge is 0.330 e. The van der Waals surface area contributed by atoms with E-state index in [0.29, 0.717) is 0 Å². The highest BCUT2D eigenvalue weighted by molar-refractivity contribution is 8.01. The van der Waals surface area contributed by atoms with Crippen LogP contribution in [0.4, 0.5) is 0 Å². The van der Waals surface area contributed by atoms with Gasteiger partial charge in [0.1, 0.15) is 6.04 Å². The van der Waals surface area contributed by atoms with Crippen molar-refractivity contribution in [3.63, 3.8) is 0 Å². The molecule has 2 fully saturated rings. The SMILES string of the molecule is COC(=O)[C@@H]1N2C(=O)[C@@H](C(C)O)[C@H]2SC1(C)C. The van der Waals surface area contributed by atoms with Crippen LogP contribution in [0.1, 0.15) is 20.8 Å². The van der Waals surface area contributed by atoms with Gasteiger partial charge in [-0.1, -0.05) is 0 Å². The molecule has 96 valence electrons. The van der Waals surface area contributed by atoms with Gasteiger partial charge in [0.25, 0.3) is 0 Å². The lowest BCUT2D eigenvalue weighted by Gasteiger charge is -2.45. The first-order valence-electron chi connectivity index (χ1n) is 5.57. The van der Waals surface area contributed by atoms with E-state index in [0.717, 1.165) is 0 Å². The number of hydrogen-bond donors (Lipinski definition) is 1. The Labute approximate surface area is 104 Å². The van der Waals surface area contributed by atoms with Gasteiger partial charge in [-0.15, -0.1) is 11.8 Å².